The van der Waals surface area contributed by atoms with Crippen LogP contribution in [0, 0.1) is 0 Å². The van der Waals surface area contributed by atoms with E-state index in [4.69, 9.17) is 9.47 Å². The van der Waals surface area contributed by atoms with Crippen LogP contribution >= 0.6 is 31.9 Å². The van der Waals surface area contributed by atoms with E-state index >= 15 is 0 Å². The summed E-state index contributed by atoms with van der Waals surface area (Å²) in [6.07, 6.45) is 2.22. The van der Waals surface area contributed by atoms with Crippen molar-refractivity contribution in [2.45, 2.75) is 40.2 Å². The molecule has 0 amide bonds. The Kier molecular flexibility index (Phi) is 7.31. The molecular weight excluding hydrogens is 514 g/mol. The molecule has 0 bridgehead atoms. The fourth-order valence-corrected chi connectivity index (χ4v) is 3.71. The molecule has 0 fully saturated rings. The highest BCUT2D eigenvalue weighted by Gasteiger charge is 2.13. The number of aromatic nitrogens is 2. The molecular formula is C22H23Br2N3O3. The molecule has 0 saturated heterocycles. The van der Waals surface area contributed by atoms with Crippen molar-refractivity contribution < 1.29 is 9.47 Å². The maximum atomic E-state index is 13.0. The maximum absolute atomic E-state index is 13.0. The summed E-state index contributed by atoms with van der Waals surface area (Å²) >= 11 is 6.98. The van der Waals surface area contributed by atoms with Gasteiger partial charge in [-0.1, -0.05) is 22.9 Å². The van der Waals surface area contributed by atoms with Crippen LogP contribution in [0.15, 0.2) is 49.2 Å². The molecule has 1 heterocycles. The first-order valence-corrected chi connectivity index (χ1v) is 11.3. The summed E-state index contributed by atoms with van der Waals surface area (Å²) in [5.41, 5.74) is 1.20. The topological polar surface area (TPSA) is 65.7 Å². The predicted molar refractivity (Wildman–Crippen MR) is 127 cm³/mol. The lowest BCUT2D eigenvalue weighted by atomic mass is 10.2. The standard InChI is InChI=1S/C22H23Br2N3O3/c1-5-21-26-18-8-7-15(23)10-16(18)22(28)27(21)25-12-14-9-19(29-6-2)20(11-17(14)24)30-13(3)4/h7-13H,5-6H2,1-4H3. The number of nitrogens with zero attached hydrogens (tertiary/aromatic N) is 3. The summed E-state index contributed by atoms with van der Waals surface area (Å²) in [7, 11) is 0. The third kappa shape index (κ3) is 4.92. The SMILES string of the molecule is CCOc1cc(C=Nn2c(CC)nc3ccc(Br)cc3c2=O)c(Br)cc1OC(C)C. The third-order valence-electron chi connectivity index (χ3n) is 4.23. The molecule has 0 unspecified atom stereocenters. The van der Waals surface area contributed by atoms with Gasteiger partial charge in [-0.05, 0) is 67.0 Å². The average molecular weight is 537 g/mol. The molecule has 1 aromatic heterocycles. The largest absolute Gasteiger partial charge is 0.490 e. The first kappa shape index (κ1) is 22.5. The fourth-order valence-electron chi connectivity index (χ4n) is 2.93. The van der Waals surface area contributed by atoms with E-state index in [0.29, 0.717) is 41.3 Å². The van der Waals surface area contributed by atoms with E-state index < -0.39 is 0 Å². The molecule has 0 spiro atoms. The Labute approximate surface area is 192 Å². The van der Waals surface area contributed by atoms with Crippen LogP contribution < -0.4 is 15.0 Å². The van der Waals surface area contributed by atoms with Crippen LogP contribution in [0.2, 0.25) is 0 Å². The van der Waals surface area contributed by atoms with Crippen molar-refractivity contribution in [3.8, 4) is 11.5 Å². The Bertz CT molecular complexity index is 1160. The highest BCUT2D eigenvalue weighted by Crippen LogP contribution is 2.34. The molecule has 0 aliphatic heterocycles. The van der Waals surface area contributed by atoms with Gasteiger partial charge in [0.25, 0.3) is 5.56 Å². The van der Waals surface area contributed by atoms with Crippen LogP contribution in [0.3, 0.4) is 0 Å². The molecule has 2 aromatic carbocycles. The maximum Gasteiger partial charge on any atom is 0.282 e. The quantitative estimate of drug-likeness (QED) is 0.371. The number of ether oxygens (including phenoxy) is 2. The summed E-state index contributed by atoms with van der Waals surface area (Å²) in [5.74, 6) is 1.87. The summed E-state index contributed by atoms with van der Waals surface area (Å²) in [5, 5.41) is 4.96. The number of benzene rings is 2. The number of aryl methyl sites for hydroxylation is 1. The van der Waals surface area contributed by atoms with E-state index in [1.54, 1.807) is 12.3 Å². The number of hydrogen-bond acceptors (Lipinski definition) is 5. The molecule has 3 aromatic rings. The van der Waals surface area contributed by atoms with Gasteiger partial charge in [0.15, 0.2) is 11.5 Å². The third-order valence-corrected chi connectivity index (χ3v) is 5.41. The minimum absolute atomic E-state index is 0.0179. The number of halogens is 2. The fraction of sp³-hybridized carbons (Fsp3) is 0.318. The Morgan fingerprint density at radius 3 is 2.60 bits per heavy atom. The van der Waals surface area contributed by atoms with Gasteiger partial charge in [0, 0.05) is 20.9 Å². The van der Waals surface area contributed by atoms with Gasteiger partial charge in [-0.15, -0.1) is 0 Å². The van der Waals surface area contributed by atoms with Crippen molar-refractivity contribution in [3.05, 3.63) is 61.0 Å². The van der Waals surface area contributed by atoms with Crippen molar-refractivity contribution in [1.82, 2.24) is 9.66 Å². The summed E-state index contributed by atoms with van der Waals surface area (Å²) < 4.78 is 14.5. The van der Waals surface area contributed by atoms with Gasteiger partial charge in [0.2, 0.25) is 0 Å². The minimum Gasteiger partial charge on any atom is -0.490 e. The highest BCUT2D eigenvalue weighted by atomic mass is 79.9. The Morgan fingerprint density at radius 1 is 1.17 bits per heavy atom. The Hall–Kier alpha value is -2.19. The summed E-state index contributed by atoms with van der Waals surface area (Å²) in [6.45, 7) is 8.29. The van der Waals surface area contributed by atoms with E-state index in [1.807, 2.05) is 52.0 Å². The van der Waals surface area contributed by atoms with E-state index in [-0.39, 0.29) is 11.7 Å². The van der Waals surface area contributed by atoms with Gasteiger partial charge in [-0.25, -0.2) is 4.98 Å². The highest BCUT2D eigenvalue weighted by molar-refractivity contribution is 9.10. The van der Waals surface area contributed by atoms with Gasteiger partial charge in [0.1, 0.15) is 5.82 Å². The number of rotatable bonds is 7. The lowest BCUT2D eigenvalue weighted by molar-refractivity contribution is 0.223. The second-order valence-electron chi connectivity index (χ2n) is 6.82. The first-order chi connectivity index (χ1) is 14.3. The zero-order valence-corrected chi connectivity index (χ0v) is 20.4. The lowest BCUT2D eigenvalue weighted by Gasteiger charge is -2.16. The number of fused-ring (bicyclic) bond motifs is 1. The molecule has 8 heteroatoms. The van der Waals surface area contributed by atoms with Gasteiger partial charge in [-0.2, -0.15) is 9.78 Å². The zero-order valence-electron chi connectivity index (χ0n) is 17.3. The van der Waals surface area contributed by atoms with Crippen LogP contribution in [0.4, 0.5) is 0 Å². The van der Waals surface area contributed by atoms with E-state index in [9.17, 15) is 4.79 Å². The van der Waals surface area contributed by atoms with Crippen molar-refractivity contribution in [3.63, 3.8) is 0 Å². The van der Waals surface area contributed by atoms with Gasteiger partial charge < -0.3 is 9.47 Å². The second kappa shape index (κ2) is 9.75. The average Bonchev–Trinajstić information content (AvgIpc) is 2.70. The van der Waals surface area contributed by atoms with Crippen molar-refractivity contribution in [2.24, 2.45) is 5.10 Å². The molecule has 0 aliphatic rings. The van der Waals surface area contributed by atoms with E-state index in [2.05, 4.69) is 41.9 Å². The predicted octanol–water partition coefficient (Wildman–Crippen LogP) is 5.55. The molecule has 158 valence electrons. The molecule has 3 rings (SSSR count). The minimum atomic E-state index is -0.213. The van der Waals surface area contributed by atoms with Crippen molar-refractivity contribution >= 4 is 49.0 Å². The van der Waals surface area contributed by atoms with Crippen LogP contribution in [-0.4, -0.2) is 28.6 Å². The van der Waals surface area contributed by atoms with Crippen LogP contribution in [0.5, 0.6) is 11.5 Å². The van der Waals surface area contributed by atoms with Crippen LogP contribution in [0.25, 0.3) is 10.9 Å². The summed E-state index contributed by atoms with van der Waals surface area (Å²) in [4.78, 5) is 17.6. The van der Waals surface area contributed by atoms with Gasteiger partial charge >= 0.3 is 0 Å². The van der Waals surface area contributed by atoms with Gasteiger partial charge in [0.05, 0.1) is 29.8 Å². The normalized spacial score (nSPS) is 11.6. The van der Waals surface area contributed by atoms with E-state index in [1.165, 1.54) is 4.68 Å². The van der Waals surface area contributed by atoms with Gasteiger partial charge in [-0.3, -0.25) is 4.79 Å². The second-order valence-corrected chi connectivity index (χ2v) is 8.59. The van der Waals surface area contributed by atoms with Crippen LogP contribution in [0.1, 0.15) is 39.1 Å². The smallest absolute Gasteiger partial charge is 0.282 e. The molecule has 0 aliphatic carbocycles. The van der Waals surface area contributed by atoms with Crippen molar-refractivity contribution in [2.75, 3.05) is 6.61 Å². The lowest BCUT2D eigenvalue weighted by Crippen LogP contribution is -2.22. The molecule has 0 saturated carbocycles. The van der Waals surface area contributed by atoms with E-state index in [0.717, 1.165) is 14.5 Å². The first-order valence-electron chi connectivity index (χ1n) is 9.72. The molecule has 30 heavy (non-hydrogen) atoms. The zero-order chi connectivity index (χ0) is 21.8. The molecule has 0 N–H and O–H groups in total. The monoisotopic (exact) mass is 535 g/mol. The molecule has 6 nitrogen and oxygen atoms in total. The van der Waals surface area contributed by atoms with Crippen molar-refractivity contribution in [1.29, 1.82) is 0 Å². The van der Waals surface area contributed by atoms with Crippen LogP contribution in [-0.2, 0) is 6.42 Å². The molecule has 0 radical (unpaired) electrons. The molecule has 0 atom stereocenters. The Morgan fingerprint density at radius 2 is 1.93 bits per heavy atom. The Balaban J connectivity index is 2.09. The summed E-state index contributed by atoms with van der Waals surface area (Å²) in [6, 6.07) is 9.15. The number of hydrogen-bond donors (Lipinski definition) is 0.